The summed E-state index contributed by atoms with van der Waals surface area (Å²) in [6.07, 6.45) is 0. The van der Waals surface area contributed by atoms with Crippen LogP contribution in [0.15, 0.2) is 28.7 Å². The van der Waals surface area contributed by atoms with E-state index in [-0.39, 0.29) is 0 Å². The van der Waals surface area contributed by atoms with Crippen molar-refractivity contribution in [2.45, 2.75) is 12.8 Å². The van der Waals surface area contributed by atoms with Gasteiger partial charge in [-0.05, 0) is 24.1 Å². The number of benzene rings is 1. The number of halogens is 1. The van der Waals surface area contributed by atoms with Crippen LogP contribution in [0.3, 0.4) is 0 Å². The highest BCUT2D eigenvalue weighted by atomic mass is 79.9. The Morgan fingerprint density at radius 3 is 2.69 bits per heavy atom. The maximum Gasteiger partial charge on any atom is 0.0210 e. The molecular formula is C11H14BrN. The van der Waals surface area contributed by atoms with Crippen molar-refractivity contribution in [1.82, 2.24) is 5.32 Å². The Kier molecular flexibility index (Phi) is 2.70. The monoisotopic (exact) mass is 239 g/mol. The summed E-state index contributed by atoms with van der Waals surface area (Å²) in [4.78, 5) is 0. The normalized spacial score (nSPS) is 27.8. The van der Waals surface area contributed by atoms with Gasteiger partial charge in [-0.2, -0.15) is 0 Å². The zero-order valence-corrected chi connectivity index (χ0v) is 9.34. The molecule has 2 heteroatoms. The molecule has 2 atom stereocenters. The minimum absolute atomic E-state index is 0.676. The quantitative estimate of drug-likeness (QED) is 0.795. The maximum absolute atomic E-state index is 3.61. The lowest BCUT2D eigenvalue weighted by atomic mass is 9.90. The standard InChI is InChI=1S/C11H14BrN/c1-8-6-13-7-10(8)9-4-2-3-5-11(9)12/h2-5,8,10,13H,6-7H2,1H3/t8-,10+/m0/s1. The second kappa shape index (κ2) is 3.81. The smallest absolute Gasteiger partial charge is 0.0210 e. The Morgan fingerprint density at radius 1 is 1.31 bits per heavy atom. The van der Waals surface area contributed by atoms with E-state index in [2.05, 4.69) is 52.4 Å². The molecule has 0 spiro atoms. The molecule has 0 radical (unpaired) electrons. The predicted molar refractivity (Wildman–Crippen MR) is 58.9 cm³/mol. The van der Waals surface area contributed by atoms with Crippen LogP contribution < -0.4 is 5.32 Å². The average molecular weight is 240 g/mol. The molecular weight excluding hydrogens is 226 g/mol. The van der Waals surface area contributed by atoms with Gasteiger partial charge in [-0.1, -0.05) is 41.1 Å². The summed E-state index contributed by atoms with van der Waals surface area (Å²) in [6, 6.07) is 8.53. The van der Waals surface area contributed by atoms with Crippen LogP contribution in [0, 0.1) is 5.92 Å². The van der Waals surface area contributed by atoms with E-state index >= 15 is 0 Å². The molecule has 2 rings (SSSR count). The Balaban J connectivity index is 2.29. The molecule has 0 aromatic heterocycles. The van der Waals surface area contributed by atoms with Crippen LogP contribution in [-0.2, 0) is 0 Å². The fraction of sp³-hybridized carbons (Fsp3) is 0.455. The van der Waals surface area contributed by atoms with Gasteiger partial charge in [0.2, 0.25) is 0 Å². The van der Waals surface area contributed by atoms with Crippen molar-refractivity contribution in [1.29, 1.82) is 0 Å². The van der Waals surface area contributed by atoms with Crippen molar-refractivity contribution in [3.63, 3.8) is 0 Å². The van der Waals surface area contributed by atoms with Crippen molar-refractivity contribution in [3.05, 3.63) is 34.3 Å². The Labute approximate surface area is 87.7 Å². The number of nitrogens with one attached hydrogen (secondary N) is 1. The first-order valence-electron chi connectivity index (χ1n) is 4.74. The van der Waals surface area contributed by atoms with Gasteiger partial charge in [0.25, 0.3) is 0 Å². The van der Waals surface area contributed by atoms with Crippen LogP contribution in [0.2, 0.25) is 0 Å². The molecule has 1 aliphatic rings. The highest BCUT2D eigenvalue weighted by molar-refractivity contribution is 9.10. The third kappa shape index (κ3) is 1.79. The van der Waals surface area contributed by atoms with Crippen LogP contribution in [0.4, 0.5) is 0 Å². The van der Waals surface area contributed by atoms with Gasteiger partial charge in [0.15, 0.2) is 0 Å². The van der Waals surface area contributed by atoms with Gasteiger partial charge in [0.1, 0.15) is 0 Å². The number of rotatable bonds is 1. The first-order valence-corrected chi connectivity index (χ1v) is 5.53. The molecule has 1 fully saturated rings. The SMILES string of the molecule is C[C@H]1CNC[C@H]1c1ccccc1Br. The highest BCUT2D eigenvalue weighted by Gasteiger charge is 2.25. The second-order valence-electron chi connectivity index (χ2n) is 3.76. The zero-order valence-electron chi connectivity index (χ0n) is 7.76. The van der Waals surface area contributed by atoms with E-state index in [9.17, 15) is 0 Å². The third-order valence-electron chi connectivity index (χ3n) is 2.82. The molecule has 0 amide bonds. The lowest BCUT2D eigenvalue weighted by Crippen LogP contribution is -2.08. The van der Waals surface area contributed by atoms with Crippen LogP contribution in [0.25, 0.3) is 0 Å². The van der Waals surface area contributed by atoms with Crippen molar-refractivity contribution in [2.24, 2.45) is 5.92 Å². The van der Waals surface area contributed by atoms with Gasteiger partial charge < -0.3 is 5.32 Å². The van der Waals surface area contributed by atoms with E-state index in [4.69, 9.17) is 0 Å². The number of hydrogen-bond acceptors (Lipinski definition) is 1. The van der Waals surface area contributed by atoms with E-state index in [1.807, 2.05) is 0 Å². The molecule has 1 aliphatic heterocycles. The molecule has 1 aromatic rings. The van der Waals surface area contributed by atoms with Gasteiger partial charge >= 0.3 is 0 Å². The first kappa shape index (κ1) is 9.22. The van der Waals surface area contributed by atoms with Gasteiger partial charge in [-0.3, -0.25) is 0 Å². The first-order chi connectivity index (χ1) is 6.29. The topological polar surface area (TPSA) is 12.0 Å². The molecule has 0 bridgehead atoms. The molecule has 0 aliphatic carbocycles. The molecule has 13 heavy (non-hydrogen) atoms. The Morgan fingerprint density at radius 2 is 2.08 bits per heavy atom. The van der Waals surface area contributed by atoms with Crippen LogP contribution in [0.5, 0.6) is 0 Å². The molecule has 0 saturated carbocycles. The predicted octanol–water partition coefficient (Wildman–Crippen LogP) is 2.77. The largest absolute Gasteiger partial charge is 0.316 e. The molecule has 1 nitrogen and oxygen atoms in total. The summed E-state index contributed by atoms with van der Waals surface area (Å²) in [5.74, 6) is 1.43. The zero-order chi connectivity index (χ0) is 9.26. The minimum Gasteiger partial charge on any atom is -0.316 e. The number of hydrogen-bond donors (Lipinski definition) is 1. The van der Waals surface area contributed by atoms with Crippen molar-refractivity contribution in [3.8, 4) is 0 Å². The Bertz CT molecular complexity index is 298. The van der Waals surface area contributed by atoms with Crippen molar-refractivity contribution >= 4 is 15.9 Å². The summed E-state index contributed by atoms with van der Waals surface area (Å²) in [5, 5.41) is 3.43. The lowest BCUT2D eigenvalue weighted by Gasteiger charge is -2.15. The average Bonchev–Trinajstić information content (AvgIpc) is 2.52. The van der Waals surface area contributed by atoms with Crippen LogP contribution in [-0.4, -0.2) is 13.1 Å². The van der Waals surface area contributed by atoms with Gasteiger partial charge in [-0.25, -0.2) is 0 Å². The van der Waals surface area contributed by atoms with Crippen molar-refractivity contribution < 1.29 is 0 Å². The van der Waals surface area contributed by atoms with E-state index in [1.54, 1.807) is 0 Å². The van der Waals surface area contributed by atoms with Crippen molar-refractivity contribution in [2.75, 3.05) is 13.1 Å². The summed E-state index contributed by atoms with van der Waals surface area (Å²) in [7, 11) is 0. The summed E-state index contributed by atoms with van der Waals surface area (Å²) >= 11 is 3.61. The second-order valence-corrected chi connectivity index (χ2v) is 4.62. The van der Waals surface area contributed by atoms with Gasteiger partial charge in [0.05, 0.1) is 0 Å². The van der Waals surface area contributed by atoms with Crippen LogP contribution >= 0.6 is 15.9 Å². The van der Waals surface area contributed by atoms with Gasteiger partial charge in [0, 0.05) is 16.9 Å². The fourth-order valence-corrected chi connectivity index (χ4v) is 2.58. The Hall–Kier alpha value is -0.340. The maximum atomic E-state index is 3.61. The fourth-order valence-electron chi connectivity index (χ4n) is 2.00. The van der Waals surface area contributed by atoms with Gasteiger partial charge in [-0.15, -0.1) is 0 Å². The van der Waals surface area contributed by atoms with E-state index in [0.29, 0.717) is 5.92 Å². The van der Waals surface area contributed by atoms with Crippen LogP contribution in [0.1, 0.15) is 18.4 Å². The molecule has 1 N–H and O–H groups in total. The molecule has 1 heterocycles. The molecule has 0 unspecified atom stereocenters. The lowest BCUT2D eigenvalue weighted by molar-refractivity contribution is 0.570. The van der Waals surface area contributed by atoms with E-state index in [0.717, 1.165) is 19.0 Å². The molecule has 1 aromatic carbocycles. The third-order valence-corrected chi connectivity index (χ3v) is 3.54. The molecule has 70 valence electrons. The van der Waals surface area contributed by atoms with E-state index < -0.39 is 0 Å². The highest BCUT2D eigenvalue weighted by Crippen LogP contribution is 2.32. The van der Waals surface area contributed by atoms with E-state index in [1.165, 1.54) is 10.0 Å². The summed E-state index contributed by atoms with van der Waals surface area (Å²) in [5.41, 5.74) is 1.44. The molecule has 1 saturated heterocycles. The summed E-state index contributed by atoms with van der Waals surface area (Å²) < 4.78 is 1.25. The summed E-state index contributed by atoms with van der Waals surface area (Å²) in [6.45, 7) is 4.57. The minimum atomic E-state index is 0.676.